The Labute approximate surface area is 75.1 Å². The average Bonchev–Trinajstić information content (AvgIpc) is 2.05. The third kappa shape index (κ3) is 4.70. The Morgan fingerprint density at radius 1 is 1.36 bits per heavy atom. The van der Waals surface area contributed by atoms with Crippen LogP contribution in [0.25, 0.3) is 0 Å². The van der Waals surface area contributed by atoms with Gasteiger partial charge in [-0.25, -0.2) is 0 Å². The summed E-state index contributed by atoms with van der Waals surface area (Å²) in [6.45, 7) is 7.54. The summed E-state index contributed by atoms with van der Waals surface area (Å²) in [7, 11) is 0. The molecule has 0 amide bonds. The van der Waals surface area contributed by atoms with Crippen molar-refractivity contribution in [1.82, 2.24) is 0 Å². The molecule has 0 aromatic carbocycles. The van der Waals surface area contributed by atoms with Crippen molar-refractivity contribution in [3.05, 3.63) is 0 Å². The first-order chi connectivity index (χ1) is 5.18. The van der Waals surface area contributed by atoms with Crippen LogP contribution in [0.15, 0.2) is 0 Å². The number of nitrogens with two attached hydrogens (primary N) is 1. The van der Waals surface area contributed by atoms with Crippen molar-refractivity contribution in [1.29, 1.82) is 0 Å². The highest BCUT2D eigenvalue weighted by molar-refractivity contribution is 7.99. The summed E-state index contributed by atoms with van der Waals surface area (Å²) < 4.78 is 0. The van der Waals surface area contributed by atoms with E-state index >= 15 is 0 Å². The summed E-state index contributed by atoms with van der Waals surface area (Å²) in [5.74, 6) is 2.49. The van der Waals surface area contributed by atoms with E-state index in [0.717, 1.165) is 6.54 Å². The highest BCUT2D eigenvalue weighted by Crippen LogP contribution is 2.25. The summed E-state index contributed by atoms with van der Waals surface area (Å²) in [6, 6.07) is 0. The van der Waals surface area contributed by atoms with Crippen LogP contribution in [0.3, 0.4) is 0 Å². The standard InChI is InChI=1S/C9H21NS/c1-4-9(3,8-10)6-7-11-5-2/h4-8,10H2,1-3H3. The largest absolute Gasteiger partial charge is 0.330 e. The van der Waals surface area contributed by atoms with Crippen LogP contribution in [0.1, 0.15) is 33.6 Å². The molecule has 1 atom stereocenters. The monoisotopic (exact) mass is 175 g/mol. The molecule has 0 aliphatic rings. The number of hydrogen-bond acceptors (Lipinski definition) is 2. The van der Waals surface area contributed by atoms with Crippen LogP contribution in [0.2, 0.25) is 0 Å². The average molecular weight is 175 g/mol. The molecule has 11 heavy (non-hydrogen) atoms. The van der Waals surface area contributed by atoms with Gasteiger partial charge in [-0.2, -0.15) is 11.8 Å². The fourth-order valence-corrected chi connectivity index (χ4v) is 1.81. The summed E-state index contributed by atoms with van der Waals surface area (Å²) in [5.41, 5.74) is 6.08. The Balaban J connectivity index is 3.51. The van der Waals surface area contributed by atoms with Crippen molar-refractivity contribution < 1.29 is 0 Å². The Kier molecular flexibility index (Phi) is 6.06. The van der Waals surface area contributed by atoms with Crippen molar-refractivity contribution in [2.24, 2.45) is 11.1 Å². The molecule has 0 radical (unpaired) electrons. The molecule has 2 N–H and O–H groups in total. The Morgan fingerprint density at radius 3 is 2.36 bits per heavy atom. The predicted molar refractivity (Wildman–Crippen MR) is 55.1 cm³/mol. The third-order valence-electron chi connectivity index (χ3n) is 2.40. The maximum atomic E-state index is 5.69. The van der Waals surface area contributed by atoms with E-state index in [4.69, 9.17) is 5.73 Å². The zero-order valence-corrected chi connectivity index (χ0v) is 8.84. The minimum absolute atomic E-state index is 0.391. The van der Waals surface area contributed by atoms with Gasteiger partial charge in [0.1, 0.15) is 0 Å². The molecule has 0 bridgehead atoms. The smallest absolute Gasteiger partial charge is 0.00230 e. The van der Waals surface area contributed by atoms with Crippen LogP contribution in [-0.2, 0) is 0 Å². The first kappa shape index (κ1) is 11.3. The number of thioether (sulfide) groups is 1. The fourth-order valence-electron chi connectivity index (χ4n) is 0.886. The molecular weight excluding hydrogens is 154 g/mol. The molecule has 1 unspecified atom stereocenters. The fraction of sp³-hybridized carbons (Fsp3) is 1.00. The maximum absolute atomic E-state index is 5.69. The molecule has 0 aromatic rings. The molecular formula is C9H21NS. The van der Waals surface area contributed by atoms with Crippen molar-refractivity contribution in [3.8, 4) is 0 Å². The second kappa shape index (κ2) is 5.90. The van der Waals surface area contributed by atoms with E-state index in [0.29, 0.717) is 5.41 Å². The molecule has 0 heterocycles. The topological polar surface area (TPSA) is 26.0 Å². The summed E-state index contributed by atoms with van der Waals surface area (Å²) in [6.07, 6.45) is 2.46. The minimum atomic E-state index is 0.391. The number of rotatable bonds is 6. The molecule has 0 spiro atoms. The molecule has 0 aliphatic heterocycles. The molecule has 0 aromatic heterocycles. The van der Waals surface area contributed by atoms with Gasteiger partial charge < -0.3 is 5.73 Å². The van der Waals surface area contributed by atoms with Crippen LogP contribution in [0, 0.1) is 5.41 Å². The van der Waals surface area contributed by atoms with Crippen LogP contribution >= 0.6 is 11.8 Å². The predicted octanol–water partition coefficient (Wildman–Crippen LogP) is 2.50. The van der Waals surface area contributed by atoms with Gasteiger partial charge in [0, 0.05) is 0 Å². The van der Waals surface area contributed by atoms with Crippen molar-refractivity contribution >= 4 is 11.8 Å². The van der Waals surface area contributed by atoms with Gasteiger partial charge in [0.05, 0.1) is 0 Å². The Bertz CT molecular complexity index is 89.6. The van der Waals surface area contributed by atoms with Gasteiger partial charge in [0.15, 0.2) is 0 Å². The lowest BCUT2D eigenvalue weighted by atomic mass is 9.85. The second-order valence-corrected chi connectivity index (χ2v) is 4.71. The van der Waals surface area contributed by atoms with Gasteiger partial charge in [-0.05, 0) is 36.3 Å². The zero-order valence-electron chi connectivity index (χ0n) is 8.02. The lowest BCUT2D eigenvalue weighted by Crippen LogP contribution is -2.26. The van der Waals surface area contributed by atoms with Gasteiger partial charge in [0.25, 0.3) is 0 Å². The molecule has 0 rings (SSSR count). The maximum Gasteiger partial charge on any atom is -0.00230 e. The first-order valence-electron chi connectivity index (χ1n) is 4.46. The van der Waals surface area contributed by atoms with Gasteiger partial charge in [-0.15, -0.1) is 0 Å². The van der Waals surface area contributed by atoms with E-state index in [1.54, 1.807) is 0 Å². The summed E-state index contributed by atoms with van der Waals surface area (Å²) >= 11 is 2.01. The summed E-state index contributed by atoms with van der Waals surface area (Å²) in [5, 5.41) is 0. The van der Waals surface area contributed by atoms with Gasteiger partial charge in [-0.3, -0.25) is 0 Å². The van der Waals surface area contributed by atoms with Gasteiger partial charge in [-0.1, -0.05) is 20.8 Å². The normalized spacial score (nSPS) is 16.4. The highest BCUT2D eigenvalue weighted by Gasteiger charge is 2.18. The Morgan fingerprint density at radius 2 is 2.00 bits per heavy atom. The SMILES string of the molecule is CCSCCC(C)(CC)CN. The van der Waals surface area contributed by atoms with Crippen LogP contribution in [0.4, 0.5) is 0 Å². The molecule has 0 aliphatic carbocycles. The van der Waals surface area contributed by atoms with Crippen LogP contribution in [-0.4, -0.2) is 18.1 Å². The molecule has 0 saturated heterocycles. The molecule has 1 nitrogen and oxygen atoms in total. The van der Waals surface area contributed by atoms with E-state index < -0.39 is 0 Å². The van der Waals surface area contributed by atoms with E-state index in [1.165, 1.54) is 24.3 Å². The molecule has 0 saturated carbocycles. The van der Waals surface area contributed by atoms with E-state index in [1.807, 2.05) is 11.8 Å². The first-order valence-corrected chi connectivity index (χ1v) is 5.62. The second-order valence-electron chi connectivity index (χ2n) is 3.32. The molecule has 0 fully saturated rings. The summed E-state index contributed by atoms with van der Waals surface area (Å²) in [4.78, 5) is 0. The van der Waals surface area contributed by atoms with Crippen LogP contribution < -0.4 is 5.73 Å². The number of hydrogen-bond donors (Lipinski definition) is 1. The highest BCUT2D eigenvalue weighted by atomic mass is 32.2. The Hall–Kier alpha value is 0.310. The van der Waals surface area contributed by atoms with Crippen molar-refractivity contribution in [2.45, 2.75) is 33.6 Å². The quantitative estimate of drug-likeness (QED) is 0.628. The van der Waals surface area contributed by atoms with Crippen LogP contribution in [0.5, 0.6) is 0 Å². The molecule has 68 valence electrons. The molecule has 2 heteroatoms. The third-order valence-corrected chi connectivity index (χ3v) is 3.30. The van der Waals surface area contributed by atoms with Crippen molar-refractivity contribution in [2.75, 3.05) is 18.1 Å². The van der Waals surface area contributed by atoms with Crippen molar-refractivity contribution in [3.63, 3.8) is 0 Å². The van der Waals surface area contributed by atoms with E-state index in [-0.39, 0.29) is 0 Å². The van der Waals surface area contributed by atoms with E-state index in [9.17, 15) is 0 Å². The van der Waals surface area contributed by atoms with Gasteiger partial charge in [0.2, 0.25) is 0 Å². The lowest BCUT2D eigenvalue weighted by Gasteiger charge is -2.25. The minimum Gasteiger partial charge on any atom is -0.330 e. The van der Waals surface area contributed by atoms with E-state index in [2.05, 4.69) is 20.8 Å². The zero-order chi connectivity index (χ0) is 8.74. The lowest BCUT2D eigenvalue weighted by molar-refractivity contribution is 0.313. The van der Waals surface area contributed by atoms with Gasteiger partial charge >= 0.3 is 0 Å².